The van der Waals surface area contributed by atoms with Crippen LogP contribution in [0.2, 0.25) is 0 Å². The fourth-order valence-electron chi connectivity index (χ4n) is 3.17. The van der Waals surface area contributed by atoms with Crippen LogP contribution in [0.3, 0.4) is 0 Å². The van der Waals surface area contributed by atoms with Crippen molar-refractivity contribution in [2.75, 3.05) is 11.9 Å². The summed E-state index contributed by atoms with van der Waals surface area (Å²) in [4.78, 5) is 23.5. The van der Waals surface area contributed by atoms with Gasteiger partial charge in [0.2, 0.25) is 5.91 Å². The molecule has 1 unspecified atom stereocenters. The first kappa shape index (κ1) is 17.0. The molecule has 25 heavy (non-hydrogen) atoms. The third-order valence-electron chi connectivity index (χ3n) is 4.26. The van der Waals surface area contributed by atoms with Gasteiger partial charge in [-0.1, -0.05) is 36.4 Å². The van der Waals surface area contributed by atoms with Crippen molar-refractivity contribution in [1.82, 2.24) is 5.32 Å². The van der Waals surface area contributed by atoms with Crippen molar-refractivity contribution in [2.24, 2.45) is 0 Å². The first-order valence-corrected chi connectivity index (χ1v) is 8.50. The number of carbonyl (C=O) groups excluding carboxylic acids is 2. The van der Waals surface area contributed by atoms with Gasteiger partial charge in [-0.2, -0.15) is 0 Å². The predicted octanol–water partition coefficient (Wildman–Crippen LogP) is 3.22. The minimum atomic E-state index is -0.181. The summed E-state index contributed by atoms with van der Waals surface area (Å²) in [7, 11) is 0. The van der Waals surface area contributed by atoms with Crippen molar-refractivity contribution in [2.45, 2.75) is 32.2 Å². The number of anilines is 1. The molecule has 2 N–H and O–H groups in total. The molecule has 1 aliphatic rings. The molecule has 0 heterocycles. The molecule has 1 atom stereocenters. The van der Waals surface area contributed by atoms with Gasteiger partial charge >= 0.3 is 0 Å². The molecule has 2 aromatic carbocycles. The zero-order valence-corrected chi connectivity index (χ0v) is 14.2. The van der Waals surface area contributed by atoms with Crippen LogP contribution in [0.4, 0.5) is 5.69 Å². The van der Waals surface area contributed by atoms with E-state index in [2.05, 4.69) is 22.8 Å². The number of para-hydroxylation sites is 2. The Hall–Kier alpha value is -2.82. The van der Waals surface area contributed by atoms with Gasteiger partial charge in [0.15, 0.2) is 6.61 Å². The number of nitrogens with one attached hydrogen (secondary N) is 2. The molecule has 1 aliphatic carbocycles. The average Bonchev–Trinajstić information content (AvgIpc) is 2.61. The number of aryl methyl sites for hydroxylation is 1. The summed E-state index contributed by atoms with van der Waals surface area (Å²) in [5.74, 6) is 0.135. The fourth-order valence-corrected chi connectivity index (χ4v) is 3.17. The maximum absolute atomic E-state index is 12.3. The molecule has 5 heteroatoms. The highest BCUT2D eigenvalue weighted by atomic mass is 16.5. The lowest BCUT2D eigenvalue weighted by molar-refractivity contribution is -0.124. The van der Waals surface area contributed by atoms with Crippen LogP contribution in [0.5, 0.6) is 5.75 Å². The maximum atomic E-state index is 12.3. The lowest BCUT2D eigenvalue weighted by Gasteiger charge is -2.26. The van der Waals surface area contributed by atoms with Crippen LogP contribution in [0.1, 0.15) is 36.9 Å². The smallest absolute Gasteiger partial charge is 0.258 e. The highest BCUT2D eigenvalue weighted by molar-refractivity contribution is 5.90. The second kappa shape index (κ2) is 7.83. The van der Waals surface area contributed by atoms with Crippen molar-refractivity contribution >= 4 is 17.5 Å². The van der Waals surface area contributed by atoms with E-state index in [4.69, 9.17) is 4.74 Å². The highest BCUT2D eigenvalue weighted by Gasteiger charge is 2.21. The summed E-state index contributed by atoms with van der Waals surface area (Å²) in [6, 6.07) is 15.3. The summed E-state index contributed by atoms with van der Waals surface area (Å²) in [6.07, 6.45) is 3.06. The number of hydrogen-bond acceptors (Lipinski definition) is 3. The topological polar surface area (TPSA) is 67.4 Å². The van der Waals surface area contributed by atoms with E-state index in [1.54, 1.807) is 24.3 Å². The lowest BCUT2D eigenvalue weighted by atomic mass is 9.88. The van der Waals surface area contributed by atoms with Gasteiger partial charge in [-0.3, -0.25) is 9.59 Å². The normalized spacial score (nSPS) is 15.8. The largest absolute Gasteiger partial charge is 0.482 e. The number of amides is 2. The van der Waals surface area contributed by atoms with Gasteiger partial charge < -0.3 is 15.4 Å². The molecule has 3 rings (SSSR count). The minimum Gasteiger partial charge on any atom is -0.482 e. The van der Waals surface area contributed by atoms with Gasteiger partial charge in [0, 0.05) is 6.92 Å². The average molecular weight is 338 g/mol. The lowest BCUT2D eigenvalue weighted by Crippen LogP contribution is -2.34. The molecule has 0 aliphatic heterocycles. The summed E-state index contributed by atoms with van der Waals surface area (Å²) in [5, 5.41) is 5.75. The summed E-state index contributed by atoms with van der Waals surface area (Å²) in [6.45, 7) is 1.35. The second-order valence-electron chi connectivity index (χ2n) is 6.18. The van der Waals surface area contributed by atoms with Gasteiger partial charge in [0.25, 0.3) is 5.91 Å². The van der Waals surface area contributed by atoms with Crippen molar-refractivity contribution in [3.63, 3.8) is 0 Å². The molecule has 2 aromatic rings. The van der Waals surface area contributed by atoms with E-state index < -0.39 is 0 Å². The predicted molar refractivity (Wildman–Crippen MR) is 96.5 cm³/mol. The molecule has 0 aromatic heterocycles. The molecule has 0 spiro atoms. The Morgan fingerprint density at radius 2 is 1.88 bits per heavy atom. The third kappa shape index (κ3) is 4.38. The Kier molecular flexibility index (Phi) is 5.33. The Balaban J connectivity index is 1.60. The van der Waals surface area contributed by atoms with Gasteiger partial charge in [-0.15, -0.1) is 0 Å². The molecule has 0 saturated carbocycles. The quantitative estimate of drug-likeness (QED) is 0.879. The first-order chi connectivity index (χ1) is 12.1. The van der Waals surface area contributed by atoms with Crippen LogP contribution in [-0.4, -0.2) is 18.4 Å². The number of benzene rings is 2. The van der Waals surface area contributed by atoms with E-state index in [9.17, 15) is 9.59 Å². The molecular weight excluding hydrogens is 316 g/mol. The summed E-state index contributed by atoms with van der Waals surface area (Å²) >= 11 is 0. The van der Waals surface area contributed by atoms with Crippen molar-refractivity contribution in [1.29, 1.82) is 0 Å². The summed E-state index contributed by atoms with van der Waals surface area (Å²) < 4.78 is 5.60. The van der Waals surface area contributed by atoms with E-state index >= 15 is 0 Å². The number of hydrogen-bond donors (Lipinski definition) is 2. The maximum Gasteiger partial charge on any atom is 0.258 e. The van der Waals surface area contributed by atoms with Crippen LogP contribution >= 0.6 is 0 Å². The Bertz CT molecular complexity index is 773. The van der Waals surface area contributed by atoms with Crippen LogP contribution in [0, 0.1) is 0 Å². The molecule has 0 bridgehead atoms. The number of rotatable bonds is 5. The Morgan fingerprint density at radius 3 is 2.72 bits per heavy atom. The van der Waals surface area contributed by atoms with Crippen molar-refractivity contribution in [3.05, 3.63) is 59.7 Å². The van der Waals surface area contributed by atoms with Crippen LogP contribution in [0.15, 0.2) is 48.5 Å². The van der Waals surface area contributed by atoms with Gasteiger partial charge in [0.1, 0.15) is 5.75 Å². The second-order valence-corrected chi connectivity index (χ2v) is 6.18. The summed E-state index contributed by atoms with van der Waals surface area (Å²) in [5.41, 5.74) is 3.06. The van der Waals surface area contributed by atoms with Crippen LogP contribution < -0.4 is 15.4 Å². The SMILES string of the molecule is CC(=O)Nc1ccccc1OCC(=O)NC1CCCc2ccccc21. The monoisotopic (exact) mass is 338 g/mol. The Labute approximate surface area is 147 Å². The molecule has 2 amide bonds. The van der Waals surface area contributed by atoms with Gasteiger partial charge in [-0.25, -0.2) is 0 Å². The molecular formula is C20H22N2O3. The standard InChI is InChI=1S/C20H22N2O3/c1-14(23)21-18-10-4-5-12-19(18)25-13-20(24)22-17-11-6-8-15-7-2-3-9-16(15)17/h2-5,7,9-10,12,17H,6,8,11,13H2,1H3,(H,21,23)(H,22,24). The van der Waals surface area contributed by atoms with E-state index in [1.165, 1.54) is 18.1 Å². The highest BCUT2D eigenvalue weighted by Crippen LogP contribution is 2.29. The molecule has 130 valence electrons. The number of carbonyl (C=O) groups is 2. The van der Waals surface area contributed by atoms with E-state index in [1.807, 2.05) is 12.1 Å². The molecule has 0 fully saturated rings. The Morgan fingerprint density at radius 1 is 1.12 bits per heavy atom. The van der Waals surface area contributed by atoms with Gasteiger partial charge in [0.05, 0.1) is 11.7 Å². The first-order valence-electron chi connectivity index (χ1n) is 8.50. The van der Waals surface area contributed by atoms with Crippen molar-refractivity contribution in [3.8, 4) is 5.75 Å². The minimum absolute atomic E-state index is 0.0339. The molecule has 0 radical (unpaired) electrons. The fraction of sp³-hybridized carbons (Fsp3) is 0.300. The van der Waals surface area contributed by atoms with E-state index in [-0.39, 0.29) is 24.5 Å². The zero-order valence-electron chi connectivity index (χ0n) is 14.2. The number of ether oxygens (including phenoxy) is 1. The van der Waals surface area contributed by atoms with Crippen molar-refractivity contribution < 1.29 is 14.3 Å². The van der Waals surface area contributed by atoms with Crippen LogP contribution in [0.25, 0.3) is 0 Å². The van der Waals surface area contributed by atoms with Gasteiger partial charge in [-0.05, 0) is 42.5 Å². The zero-order chi connectivity index (χ0) is 17.6. The molecule has 5 nitrogen and oxygen atoms in total. The van der Waals surface area contributed by atoms with E-state index in [0.29, 0.717) is 11.4 Å². The third-order valence-corrected chi connectivity index (χ3v) is 4.26. The van der Waals surface area contributed by atoms with Crippen LogP contribution in [-0.2, 0) is 16.0 Å². The molecule has 0 saturated heterocycles. The number of fused-ring (bicyclic) bond motifs is 1. The van der Waals surface area contributed by atoms with E-state index in [0.717, 1.165) is 19.3 Å².